The van der Waals surface area contributed by atoms with Gasteiger partial charge in [-0.15, -0.1) is 0 Å². The van der Waals surface area contributed by atoms with Gasteiger partial charge in [-0.05, 0) is 15.4 Å². The molecule has 0 amide bonds. The number of hydrogen-bond acceptors (Lipinski definition) is 6. The van der Waals surface area contributed by atoms with Gasteiger partial charge in [-0.25, -0.2) is 0 Å². The van der Waals surface area contributed by atoms with Crippen LogP contribution >= 0.6 is 0 Å². The minimum atomic E-state index is -2.50. The van der Waals surface area contributed by atoms with E-state index in [4.69, 9.17) is 29.1 Å². The second-order valence-corrected chi connectivity index (χ2v) is 13.1. The summed E-state index contributed by atoms with van der Waals surface area (Å²) >= 11 is 0. The fourth-order valence-electron chi connectivity index (χ4n) is 3.86. The number of benzene rings is 2. The minimum Gasteiger partial charge on any atom is -0.405 e. The van der Waals surface area contributed by atoms with Crippen LogP contribution in [0, 0.1) is 0 Å². The molecule has 2 aromatic carbocycles. The van der Waals surface area contributed by atoms with Gasteiger partial charge in [0.25, 0.3) is 8.32 Å². The van der Waals surface area contributed by atoms with Crippen LogP contribution < -0.4 is 16.1 Å². The van der Waals surface area contributed by atoms with E-state index in [9.17, 15) is 0 Å². The molecule has 2 N–H and O–H groups in total. The third-order valence-electron chi connectivity index (χ3n) is 5.34. The summed E-state index contributed by atoms with van der Waals surface area (Å²) in [6.45, 7) is 12.3. The standard InChI is InChI=1S/C26H41NO5Si/c1-26(2,3)33(24-10-6-4-7-11-24,25-12-8-5-9-13-25)32-23-22-31-21-20-30-19-18-29-17-16-28-15-14-27/h4-13H,14-23,27H2,1-3H3. The van der Waals surface area contributed by atoms with Crippen LogP contribution in [0.5, 0.6) is 0 Å². The molecule has 0 atom stereocenters. The highest BCUT2D eigenvalue weighted by Gasteiger charge is 2.49. The molecule has 2 aromatic rings. The third-order valence-corrected chi connectivity index (χ3v) is 10.4. The lowest BCUT2D eigenvalue weighted by atomic mass is 10.2. The van der Waals surface area contributed by atoms with Gasteiger partial charge in [0, 0.05) is 6.54 Å². The largest absolute Gasteiger partial charge is 0.405 e. The van der Waals surface area contributed by atoms with Crippen LogP contribution in [-0.4, -0.2) is 74.3 Å². The maximum absolute atomic E-state index is 6.80. The molecule has 7 heteroatoms. The van der Waals surface area contributed by atoms with Crippen molar-refractivity contribution in [3.05, 3.63) is 60.7 Å². The lowest BCUT2D eigenvalue weighted by Gasteiger charge is -2.43. The Morgan fingerprint density at radius 1 is 0.576 bits per heavy atom. The zero-order valence-corrected chi connectivity index (χ0v) is 21.5. The first kappa shape index (κ1) is 27.7. The van der Waals surface area contributed by atoms with Gasteiger partial charge in [-0.3, -0.25) is 0 Å². The summed E-state index contributed by atoms with van der Waals surface area (Å²) in [6.07, 6.45) is 0. The molecule has 0 heterocycles. The average molecular weight is 476 g/mol. The predicted octanol–water partition coefficient (Wildman–Crippen LogP) is 2.59. The van der Waals surface area contributed by atoms with Crippen molar-refractivity contribution in [3.63, 3.8) is 0 Å². The van der Waals surface area contributed by atoms with E-state index in [-0.39, 0.29) is 5.04 Å². The highest BCUT2D eigenvalue weighted by molar-refractivity contribution is 6.99. The molecule has 2 rings (SSSR count). The summed E-state index contributed by atoms with van der Waals surface area (Å²) in [6, 6.07) is 21.3. The first-order chi connectivity index (χ1) is 16.0. The Morgan fingerprint density at radius 3 is 1.30 bits per heavy atom. The monoisotopic (exact) mass is 475 g/mol. The summed E-state index contributed by atoms with van der Waals surface area (Å²) in [5.74, 6) is 0. The van der Waals surface area contributed by atoms with E-state index in [0.29, 0.717) is 66.0 Å². The van der Waals surface area contributed by atoms with Crippen LogP contribution in [0.3, 0.4) is 0 Å². The SMILES string of the molecule is CC(C)(C)[Si](OCCOCCOCCOCCOCCN)(c1ccccc1)c1ccccc1. The smallest absolute Gasteiger partial charge is 0.261 e. The molecule has 6 nitrogen and oxygen atoms in total. The van der Waals surface area contributed by atoms with Crippen molar-refractivity contribution < 1.29 is 23.4 Å². The quantitative estimate of drug-likeness (QED) is 0.280. The zero-order chi connectivity index (χ0) is 23.8. The number of nitrogens with two attached hydrogens (primary N) is 1. The molecule has 0 unspecified atom stereocenters. The lowest BCUT2D eigenvalue weighted by Crippen LogP contribution is -2.66. The van der Waals surface area contributed by atoms with Crippen molar-refractivity contribution >= 4 is 18.7 Å². The van der Waals surface area contributed by atoms with Crippen LogP contribution in [0.15, 0.2) is 60.7 Å². The van der Waals surface area contributed by atoms with E-state index in [2.05, 4.69) is 81.4 Å². The molecule has 0 bridgehead atoms. The Kier molecular flexibility index (Phi) is 12.9. The van der Waals surface area contributed by atoms with Crippen LogP contribution in [0.1, 0.15) is 20.8 Å². The summed E-state index contributed by atoms with van der Waals surface area (Å²) in [5.41, 5.74) is 5.36. The Morgan fingerprint density at radius 2 is 0.939 bits per heavy atom. The minimum absolute atomic E-state index is 0.0336. The molecule has 0 aliphatic heterocycles. The van der Waals surface area contributed by atoms with Crippen molar-refractivity contribution in [2.75, 3.05) is 66.0 Å². The fourth-order valence-corrected chi connectivity index (χ4v) is 8.41. The maximum atomic E-state index is 6.80. The number of hydrogen-bond donors (Lipinski definition) is 1. The molecule has 0 radical (unpaired) electrons. The van der Waals surface area contributed by atoms with Crippen LogP contribution in [-0.2, 0) is 23.4 Å². The van der Waals surface area contributed by atoms with Crippen molar-refractivity contribution in [2.45, 2.75) is 25.8 Å². The van der Waals surface area contributed by atoms with E-state index >= 15 is 0 Å². The van der Waals surface area contributed by atoms with Crippen molar-refractivity contribution in [1.82, 2.24) is 0 Å². The summed E-state index contributed by atoms with van der Waals surface area (Å²) < 4.78 is 28.8. The van der Waals surface area contributed by atoms with E-state index in [1.165, 1.54) is 10.4 Å². The van der Waals surface area contributed by atoms with Gasteiger partial charge in [0.2, 0.25) is 0 Å². The Hall–Kier alpha value is -1.58. The molecule has 184 valence electrons. The van der Waals surface area contributed by atoms with Crippen molar-refractivity contribution in [1.29, 1.82) is 0 Å². The van der Waals surface area contributed by atoms with Gasteiger partial charge in [-0.2, -0.15) is 0 Å². The second kappa shape index (κ2) is 15.3. The Labute approximate surface area is 200 Å². The molecular formula is C26H41NO5Si. The van der Waals surface area contributed by atoms with Crippen molar-refractivity contribution in [2.24, 2.45) is 5.73 Å². The summed E-state index contributed by atoms with van der Waals surface area (Å²) in [4.78, 5) is 0. The molecule has 0 saturated heterocycles. The van der Waals surface area contributed by atoms with Gasteiger partial charge < -0.3 is 29.1 Å². The fraction of sp³-hybridized carbons (Fsp3) is 0.538. The summed E-state index contributed by atoms with van der Waals surface area (Å²) in [7, 11) is -2.50. The molecule has 0 aliphatic carbocycles. The van der Waals surface area contributed by atoms with Gasteiger partial charge in [-0.1, -0.05) is 81.4 Å². The Bertz CT molecular complexity index is 700. The zero-order valence-electron chi connectivity index (χ0n) is 20.5. The normalized spacial score (nSPS) is 12.2. The van der Waals surface area contributed by atoms with Gasteiger partial charge in [0.15, 0.2) is 0 Å². The second-order valence-electron chi connectivity index (χ2n) is 8.75. The number of rotatable bonds is 17. The average Bonchev–Trinajstić information content (AvgIpc) is 2.82. The lowest BCUT2D eigenvalue weighted by molar-refractivity contribution is -0.00419. The van der Waals surface area contributed by atoms with Crippen LogP contribution in [0.4, 0.5) is 0 Å². The van der Waals surface area contributed by atoms with E-state index in [0.717, 1.165) is 0 Å². The van der Waals surface area contributed by atoms with E-state index in [1.54, 1.807) is 0 Å². The molecule has 0 aromatic heterocycles. The summed E-state index contributed by atoms with van der Waals surface area (Å²) in [5, 5.41) is 2.52. The molecule has 0 spiro atoms. The van der Waals surface area contributed by atoms with Crippen LogP contribution in [0.25, 0.3) is 0 Å². The first-order valence-electron chi connectivity index (χ1n) is 11.8. The predicted molar refractivity (Wildman–Crippen MR) is 136 cm³/mol. The number of ether oxygens (including phenoxy) is 4. The topological polar surface area (TPSA) is 72.2 Å². The van der Waals surface area contributed by atoms with E-state index in [1.807, 2.05) is 0 Å². The van der Waals surface area contributed by atoms with Gasteiger partial charge >= 0.3 is 0 Å². The Balaban J connectivity index is 1.77. The molecule has 0 fully saturated rings. The first-order valence-corrected chi connectivity index (χ1v) is 13.7. The highest BCUT2D eigenvalue weighted by atomic mass is 28.4. The highest BCUT2D eigenvalue weighted by Crippen LogP contribution is 2.36. The molecule has 33 heavy (non-hydrogen) atoms. The van der Waals surface area contributed by atoms with E-state index < -0.39 is 8.32 Å². The molecule has 0 saturated carbocycles. The van der Waals surface area contributed by atoms with Gasteiger partial charge in [0.05, 0.1) is 59.5 Å². The molecule has 0 aliphatic rings. The third kappa shape index (κ3) is 8.94. The maximum Gasteiger partial charge on any atom is 0.261 e. The molecular weight excluding hydrogens is 434 g/mol. The van der Waals surface area contributed by atoms with Gasteiger partial charge in [0.1, 0.15) is 0 Å². The van der Waals surface area contributed by atoms with Crippen molar-refractivity contribution in [3.8, 4) is 0 Å². The van der Waals surface area contributed by atoms with Crippen LogP contribution in [0.2, 0.25) is 5.04 Å².